The molecule has 3 heterocycles. The molecule has 180 valence electrons. The molecule has 1 fully saturated rings. The van der Waals surface area contributed by atoms with Gasteiger partial charge >= 0.3 is 0 Å². The molecule has 0 bridgehead atoms. The SMILES string of the molecule is CC(NC(=O)CCCN1C(=O)c2ccccc2N2C(=O)CCC12C)c1ccc(-n2cncn2)cc1. The van der Waals surface area contributed by atoms with Gasteiger partial charge in [0.25, 0.3) is 5.91 Å². The van der Waals surface area contributed by atoms with E-state index in [0.717, 1.165) is 11.3 Å². The summed E-state index contributed by atoms with van der Waals surface area (Å²) in [6, 6.07) is 14.9. The third kappa shape index (κ3) is 4.07. The summed E-state index contributed by atoms with van der Waals surface area (Å²) in [6.45, 7) is 4.29. The highest BCUT2D eigenvalue weighted by Gasteiger charge is 2.52. The maximum absolute atomic E-state index is 13.3. The van der Waals surface area contributed by atoms with Crippen LogP contribution in [0.15, 0.2) is 61.2 Å². The Balaban J connectivity index is 1.20. The number of benzene rings is 2. The molecule has 35 heavy (non-hydrogen) atoms. The van der Waals surface area contributed by atoms with Gasteiger partial charge in [-0.25, -0.2) is 9.67 Å². The van der Waals surface area contributed by atoms with Gasteiger partial charge in [0.2, 0.25) is 11.8 Å². The second kappa shape index (κ2) is 8.98. The highest BCUT2D eigenvalue weighted by molar-refractivity contribution is 6.10. The van der Waals surface area contributed by atoms with Gasteiger partial charge in [-0.2, -0.15) is 5.10 Å². The van der Waals surface area contributed by atoms with E-state index in [1.54, 1.807) is 26.9 Å². The van der Waals surface area contributed by atoms with Gasteiger partial charge in [-0.1, -0.05) is 24.3 Å². The Labute approximate surface area is 203 Å². The van der Waals surface area contributed by atoms with Crippen LogP contribution in [0.4, 0.5) is 5.69 Å². The number of anilines is 1. The molecule has 2 aliphatic heterocycles. The molecule has 5 rings (SSSR count). The maximum Gasteiger partial charge on any atom is 0.257 e. The average Bonchev–Trinajstić information content (AvgIpc) is 3.50. The van der Waals surface area contributed by atoms with Crippen molar-refractivity contribution in [3.8, 4) is 5.69 Å². The standard InChI is InChI=1S/C26H28N6O3/c1-18(19-9-11-20(12-10-19)31-17-27-16-28-31)29-23(33)8-5-15-30-25(35)21-6-3-4-7-22(21)32-24(34)13-14-26(30,32)2/h3-4,6-7,9-12,16-18H,5,8,13-15H2,1-2H3,(H,29,33). The second-order valence-corrected chi connectivity index (χ2v) is 9.24. The van der Waals surface area contributed by atoms with Crippen molar-refractivity contribution in [3.05, 3.63) is 72.3 Å². The Morgan fingerprint density at radius 2 is 1.91 bits per heavy atom. The molecule has 1 aromatic heterocycles. The van der Waals surface area contributed by atoms with Crippen molar-refractivity contribution in [3.63, 3.8) is 0 Å². The van der Waals surface area contributed by atoms with E-state index in [-0.39, 0.29) is 30.2 Å². The van der Waals surface area contributed by atoms with Gasteiger partial charge in [0.1, 0.15) is 18.3 Å². The van der Waals surface area contributed by atoms with Crippen LogP contribution in [-0.2, 0) is 9.59 Å². The first-order valence-corrected chi connectivity index (χ1v) is 11.9. The van der Waals surface area contributed by atoms with E-state index in [1.165, 1.54) is 6.33 Å². The normalized spacial score (nSPS) is 19.9. The first-order valence-electron chi connectivity index (χ1n) is 11.9. The lowest BCUT2D eigenvalue weighted by Crippen LogP contribution is -2.62. The molecule has 0 saturated carbocycles. The van der Waals surface area contributed by atoms with Crippen LogP contribution < -0.4 is 10.2 Å². The van der Waals surface area contributed by atoms with Gasteiger partial charge in [0.05, 0.1) is 23.0 Å². The van der Waals surface area contributed by atoms with E-state index in [4.69, 9.17) is 0 Å². The van der Waals surface area contributed by atoms with Gasteiger partial charge < -0.3 is 10.2 Å². The van der Waals surface area contributed by atoms with Crippen molar-refractivity contribution in [2.45, 2.75) is 51.2 Å². The molecule has 2 unspecified atom stereocenters. The number of aromatic nitrogens is 3. The minimum atomic E-state index is -0.696. The fraction of sp³-hybridized carbons (Fsp3) is 0.346. The summed E-state index contributed by atoms with van der Waals surface area (Å²) in [5.41, 5.74) is 2.40. The van der Waals surface area contributed by atoms with Gasteiger partial charge in [-0.15, -0.1) is 0 Å². The topological polar surface area (TPSA) is 100 Å². The zero-order chi connectivity index (χ0) is 24.6. The molecular weight excluding hydrogens is 444 g/mol. The fourth-order valence-corrected chi connectivity index (χ4v) is 5.09. The van der Waals surface area contributed by atoms with Crippen LogP contribution in [0.2, 0.25) is 0 Å². The van der Waals surface area contributed by atoms with Gasteiger partial charge in [0.15, 0.2) is 0 Å². The predicted molar refractivity (Wildman–Crippen MR) is 130 cm³/mol. The van der Waals surface area contributed by atoms with Crippen LogP contribution in [0.25, 0.3) is 5.69 Å². The molecule has 1 saturated heterocycles. The van der Waals surface area contributed by atoms with Crippen LogP contribution in [-0.4, -0.2) is 49.6 Å². The van der Waals surface area contributed by atoms with Crippen LogP contribution in [0.5, 0.6) is 0 Å². The number of nitrogens with zero attached hydrogens (tertiary/aromatic N) is 5. The Morgan fingerprint density at radius 3 is 2.66 bits per heavy atom. The molecule has 2 atom stereocenters. The first kappa shape index (κ1) is 22.8. The van der Waals surface area contributed by atoms with Crippen molar-refractivity contribution >= 4 is 23.4 Å². The molecule has 3 amide bonds. The minimum Gasteiger partial charge on any atom is -0.350 e. The highest BCUT2D eigenvalue weighted by Crippen LogP contribution is 2.44. The zero-order valence-electron chi connectivity index (χ0n) is 19.8. The number of hydrogen-bond acceptors (Lipinski definition) is 5. The monoisotopic (exact) mass is 472 g/mol. The molecule has 9 heteroatoms. The van der Waals surface area contributed by atoms with Gasteiger partial charge in [-0.3, -0.25) is 19.3 Å². The lowest BCUT2D eigenvalue weighted by molar-refractivity contribution is -0.122. The predicted octanol–water partition coefficient (Wildman–Crippen LogP) is 3.22. The Morgan fingerprint density at radius 1 is 1.14 bits per heavy atom. The van der Waals surface area contributed by atoms with Gasteiger partial charge in [-0.05, 0) is 56.5 Å². The smallest absolute Gasteiger partial charge is 0.257 e. The third-order valence-electron chi connectivity index (χ3n) is 6.99. The molecule has 1 N–H and O–H groups in total. The number of rotatable bonds is 7. The first-order chi connectivity index (χ1) is 16.9. The van der Waals surface area contributed by atoms with Crippen LogP contribution in [0.3, 0.4) is 0 Å². The number of carbonyl (C=O) groups excluding carboxylic acids is 3. The van der Waals surface area contributed by atoms with E-state index in [0.29, 0.717) is 37.1 Å². The largest absolute Gasteiger partial charge is 0.350 e. The molecule has 0 radical (unpaired) electrons. The van der Waals surface area contributed by atoms with E-state index >= 15 is 0 Å². The Kier molecular flexibility index (Phi) is 5.84. The van der Waals surface area contributed by atoms with Crippen molar-refractivity contribution in [2.75, 3.05) is 11.4 Å². The average molecular weight is 473 g/mol. The third-order valence-corrected chi connectivity index (χ3v) is 6.99. The summed E-state index contributed by atoms with van der Waals surface area (Å²) in [5, 5.41) is 7.15. The lowest BCUT2D eigenvalue weighted by Gasteiger charge is -2.48. The number of hydrogen-bond donors (Lipinski definition) is 1. The lowest BCUT2D eigenvalue weighted by atomic mass is 9.98. The number of amides is 3. The van der Waals surface area contributed by atoms with Crippen molar-refractivity contribution < 1.29 is 14.4 Å². The number of fused-ring (bicyclic) bond motifs is 3. The summed E-state index contributed by atoms with van der Waals surface area (Å²) in [5.74, 6) is -0.138. The Hall–Kier alpha value is -4.01. The quantitative estimate of drug-likeness (QED) is 0.569. The zero-order valence-corrected chi connectivity index (χ0v) is 19.8. The minimum absolute atomic E-state index is 0.0267. The van der Waals surface area contributed by atoms with Crippen molar-refractivity contribution in [1.82, 2.24) is 25.0 Å². The highest BCUT2D eigenvalue weighted by atomic mass is 16.2. The number of carbonyl (C=O) groups is 3. The maximum atomic E-state index is 13.3. The number of nitrogens with one attached hydrogen (secondary N) is 1. The second-order valence-electron chi connectivity index (χ2n) is 9.24. The molecule has 3 aromatic rings. The van der Waals surface area contributed by atoms with Crippen molar-refractivity contribution in [2.24, 2.45) is 0 Å². The van der Waals surface area contributed by atoms with Gasteiger partial charge in [0, 0.05) is 19.4 Å². The molecule has 0 aliphatic carbocycles. The summed E-state index contributed by atoms with van der Waals surface area (Å²) in [6.07, 6.45) is 4.90. The van der Waals surface area contributed by atoms with E-state index < -0.39 is 5.66 Å². The molecule has 2 aromatic carbocycles. The van der Waals surface area contributed by atoms with E-state index in [2.05, 4.69) is 15.4 Å². The van der Waals surface area contributed by atoms with Crippen LogP contribution >= 0.6 is 0 Å². The fourth-order valence-electron chi connectivity index (χ4n) is 5.09. The summed E-state index contributed by atoms with van der Waals surface area (Å²) in [7, 11) is 0. The van der Waals surface area contributed by atoms with E-state index in [9.17, 15) is 14.4 Å². The van der Waals surface area contributed by atoms with Crippen molar-refractivity contribution in [1.29, 1.82) is 0 Å². The summed E-state index contributed by atoms with van der Waals surface area (Å²) >= 11 is 0. The van der Waals surface area contributed by atoms with E-state index in [1.807, 2.05) is 56.3 Å². The molecular formula is C26H28N6O3. The van der Waals surface area contributed by atoms with Crippen LogP contribution in [0, 0.1) is 0 Å². The molecule has 9 nitrogen and oxygen atoms in total. The van der Waals surface area contributed by atoms with Crippen LogP contribution in [0.1, 0.15) is 61.5 Å². The summed E-state index contributed by atoms with van der Waals surface area (Å²) in [4.78, 5) is 46.1. The Bertz CT molecular complexity index is 1260. The molecule has 2 aliphatic rings. The summed E-state index contributed by atoms with van der Waals surface area (Å²) < 4.78 is 1.67. The number of para-hydroxylation sites is 1. The molecule has 0 spiro atoms.